The average Bonchev–Trinajstić information content (AvgIpc) is 2.88. The molecule has 0 aromatic carbocycles. The highest BCUT2D eigenvalue weighted by molar-refractivity contribution is 5.40. The summed E-state index contributed by atoms with van der Waals surface area (Å²) in [4.78, 5) is 4.47. The second-order valence-corrected chi connectivity index (χ2v) is 6.88. The van der Waals surface area contributed by atoms with Crippen LogP contribution in [0.4, 0.5) is 0 Å². The zero-order chi connectivity index (χ0) is 15.0. The van der Waals surface area contributed by atoms with Crippen molar-refractivity contribution in [3.63, 3.8) is 0 Å². The third kappa shape index (κ3) is 2.48. The molecule has 21 heavy (non-hydrogen) atoms. The molecule has 0 fully saturated rings. The SMILES string of the molecule is CC(C)(C)c1nn(-c2ccccn2)c2c1C(CN)CCC2. The van der Waals surface area contributed by atoms with Crippen molar-refractivity contribution in [1.29, 1.82) is 0 Å². The van der Waals surface area contributed by atoms with E-state index in [1.54, 1.807) is 0 Å². The van der Waals surface area contributed by atoms with E-state index in [-0.39, 0.29) is 5.41 Å². The molecule has 0 saturated carbocycles. The third-order valence-electron chi connectivity index (χ3n) is 4.26. The highest BCUT2D eigenvalue weighted by atomic mass is 15.3. The Bertz CT molecular complexity index is 622. The van der Waals surface area contributed by atoms with E-state index in [1.165, 1.54) is 29.8 Å². The van der Waals surface area contributed by atoms with Crippen LogP contribution in [0.3, 0.4) is 0 Å². The molecule has 1 aliphatic carbocycles. The lowest BCUT2D eigenvalue weighted by Crippen LogP contribution is -2.22. The van der Waals surface area contributed by atoms with Gasteiger partial charge in [0.1, 0.15) is 0 Å². The number of fused-ring (bicyclic) bond motifs is 1. The molecule has 0 bridgehead atoms. The summed E-state index contributed by atoms with van der Waals surface area (Å²) in [6.07, 6.45) is 5.23. The molecule has 0 spiro atoms. The fraction of sp³-hybridized carbons (Fsp3) is 0.529. The van der Waals surface area contributed by atoms with Gasteiger partial charge in [0.05, 0.1) is 5.69 Å². The zero-order valence-corrected chi connectivity index (χ0v) is 13.1. The van der Waals surface area contributed by atoms with Gasteiger partial charge in [0.15, 0.2) is 5.82 Å². The van der Waals surface area contributed by atoms with E-state index < -0.39 is 0 Å². The number of nitrogens with two attached hydrogens (primary N) is 1. The van der Waals surface area contributed by atoms with Crippen LogP contribution in [-0.2, 0) is 11.8 Å². The van der Waals surface area contributed by atoms with Crippen molar-refractivity contribution in [2.24, 2.45) is 5.73 Å². The minimum Gasteiger partial charge on any atom is -0.330 e. The summed E-state index contributed by atoms with van der Waals surface area (Å²) in [5.74, 6) is 1.34. The number of pyridine rings is 1. The molecule has 2 heterocycles. The first-order valence-electron chi connectivity index (χ1n) is 7.76. The standard InChI is InChI=1S/C17H24N4/c1-17(2,3)16-15-12(11-18)7-6-8-13(15)21(20-16)14-9-4-5-10-19-14/h4-5,9-10,12H,6-8,11,18H2,1-3H3. The van der Waals surface area contributed by atoms with Crippen LogP contribution in [0, 0.1) is 0 Å². The van der Waals surface area contributed by atoms with E-state index in [9.17, 15) is 0 Å². The van der Waals surface area contributed by atoms with E-state index in [1.807, 2.05) is 29.1 Å². The van der Waals surface area contributed by atoms with Crippen molar-refractivity contribution in [2.45, 2.75) is 51.4 Å². The Hall–Kier alpha value is -1.68. The molecular weight excluding hydrogens is 260 g/mol. The summed E-state index contributed by atoms with van der Waals surface area (Å²) in [6, 6.07) is 5.97. The number of aromatic nitrogens is 3. The van der Waals surface area contributed by atoms with Gasteiger partial charge in [-0.3, -0.25) is 0 Å². The van der Waals surface area contributed by atoms with Crippen molar-refractivity contribution >= 4 is 0 Å². The fourth-order valence-corrected chi connectivity index (χ4v) is 3.25. The van der Waals surface area contributed by atoms with Crippen LogP contribution < -0.4 is 5.73 Å². The van der Waals surface area contributed by atoms with Gasteiger partial charge in [-0.2, -0.15) is 5.10 Å². The Morgan fingerprint density at radius 2 is 2.14 bits per heavy atom. The minimum absolute atomic E-state index is 0.0227. The summed E-state index contributed by atoms with van der Waals surface area (Å²) in [6.45, 7) is 7.37. The predicted molar refractivity (Wildman–Crippen MR) is 84.8 cm³/mol. The van der Waals surface area contributed by atoms with Gasteiger partial charge in [-0.15, -0.1) is 0 Å². The molecule has 112 valence electrons. The summed E-state index contributed by atoms with van der Waals surface area (Å²) >= 11 is 0. The molecule has 4 heteroatoms. The van der Waals surface area contributed by atoms with Gasteiger partial charge >= 0.3 is 0 Å². The Morgan fingerprint density at radius 1 is 1.33 bits per heavy atom. The molecule has 1 aliphatic rings. The van der Waals surface area contributed by atoms with Crippen molar-refractivity contribution in [1.82, 2.24) is 14.8 Å². The van der Waals surface area contributed by atoms with Gasteiger partial charge in [-0.1, -0.05) is 26.8 Å². The van der Waals surface area contributed by atoms with Crippen LogP contribution in [0.1, 0.15) is 56.5 Å². The fourth-order valence-electron chi connectivity index (χ4n) is 3.25. The van der Waals surface area contributed by atoms with E-state index >= 15 is 0 Å². The smallest absolute Gasteiger partial charge is 0.153 e. The molecule has 2 aromatic heterocycles. The first kappa shape index (κ1) is 14.3. The maximum atomic E-state index is 6.03. The average molecular weight is 284 g/mol. The maximum absolute atomic E-state index is 6.03. The van der Waals surface area contributed by atoms with Crippen LogP contribution in [0.5, 0.6) is 0 Å². The summed E-state index contributed by atoms with van der Waals surface area (Å²) < 4.78 is 2.04. The van der Waals surface area contributed by atoms with Crippen LogP contribution in [0.25, 0.3) is 5.82 Å². The lowest BCUT2D eigenvalue weighted by molar-refractivity contribution is 0.520. The largest absolute Gasteiger partial charge is 0.330 e. The van der Waals surface area contributed by atoms with Crippen molar-refractivity contribution in [3.05, 3.63) is 41.3 Å². The highest BCUT2D eigenvalue weighted by Crippen LogP contribution is 2.39. The monoisotopic (exact) mass is 284 g/mol. The quantitative estimate of drug-likeness (QED) is 0.922. The highest BCUT2D eigenvalue weighted by Gasteiger charge is 2.33. The van der Waals surface area contributed by atoms with Crippen molar-refractivity contribution < 1.29 is 0 Å². The van der Waals surface area contributed by atoms with Gasteiger partial charge in [-0.25, -0.2) is 9.67 Å². The molecule has 2 aromatic rings. The first-order chi connectivity index (χ1) is 10.0. The van der Waals surface area contributed by atoms with Crippen LogP contribution in [0.2, 0.25) is 0 Å². The molecule has 0 amide bonds. The lowest BCUT2D eigenvalue weighted by Gasteiger charge is -2.26. The van der Waals surface area contributed by atoms with Gasteiger partial charge in [0.2, 0.25) is 0 Å². The van der Waals surface area contributed by atoms with E-state index in [2.05, 4.69) is 25.8 Å². The summed E-state index contributed by atoms with van der Waals surface area (Å²) in [5, 5.41) is 4.93. The van der Waals surface area contributed by atoms with Gasteiger partial charge < -0.3 is 5.73 Å². The Morgan fingerprint density at radius 3 is 2.76 bits per heavy atom. The second-order valence-electron chi connectivity index (χ2n) is 6.88. The third-order valence-corrected chi connectivity index (χ3v) is 4.26. The number of hydrogen-bond acceptors (Lipinski definition) is 3. The molecule has 4 nitrogen and oxygen atoms in total. The van der Waals surface area contributed by atoms with E-state index in [0.717, 1.165) is 12.2 Å². The minimum atomic E-state index is 0.0227. The predicted octanol–water partition coefficient (Wildman–Crippen LogP) is 2.94. The van der Waals surface area contributed by atoms with Crippen LogP contribution in [-0.4, -0.2) is 21.3 Å². The van der Waals surface area contributed by atoms with Crippen molar-refractivity contribution in [2.75, 3.05) is 6.54 Å². The normalized spacial score (nSPS) is 18.6. The lowest BCUT2D eigenvalue weighted by atomic mass is 9.79. The molecule has 0 radical (unpaired) electrons. The molecular formula is C17H24N4. The van der Waals surface area contributed by atoms with Gasteiger partial charge in [0, 0.05) is 22.9 Å². The Balaban J connectivity index is 2.22. The van der Waals surface area contributed by atoms with E-state index in [4.69, 9.17) is 10.8 Å². The molecule has 1 unspecified atom stereocenters. The number of hydrogen-bond donors (Lipinski definition) is 1. The van der Waals surface area contributed by atoms with Crippen LogP contribution >= 0.6 is 0 Å². The molecule has 3 rings (SSSR count). The Kier molecular flexibility index (Phi) is 3.57. The summed E-state index contributed by atoms with van der Waals surface area (Å²) in [7, 11) is 0. The van der Waals surface area contributed by atoms with E-state index in [0.29, 0.717) is 12.5 Å². The van der Waals surface area contributed by atoms with Gasteiger partial charge in [-0.05, 0) is 43.9 Å². The summed E-state index contributed by atoms with van der Waals surface area (Å²) in [5.41, 5.74) is 9.91. The molecule has 0 saturated heterocycles. The molecule has 2 N–H and O–H groups in total. The van der Waals surface area contributed by atoms with Crippen molar-refractivity contribution in [3.8, 4) is 5.82 Å². The zero-order valence-electron chi connectivity index (χ0n) is 13.1. The second kappa shape index (κ2) is 5.26. The molecule has 1 atom stereocenters. The number of rotatable bonds is 2. The first-order valence-corrected chi connectivity index (χ1v) is 7.76. The topological polar surface area (TPSA) is 56.7 Å². The Labute approximate surface area is 126 Å². The van der Waals surface area contributed by atoms with Crippen LogP contribution in [0.15, 0.2) is 24.4 Å². The van der Waals surface area contributed by atoms with Gasteiger partial charge in [0.25, 0.3) is 0 Å². The number of nitrogens with zero attached hydrogens (tertiary/aromatic N) is 3. The molecule has 0 aliphatic heterocycles. The maximum Gasteiger partial charge on any atom is 0.153 e.